The minimum absolute atomic E-state index is 0.00157. The van der Waals surface area contributed by atoms with Crippen LogP contribution >= 0.6 is 11.6 Å². The maximum absolute atomic E-state index is 12.4. The summed E-state index contributed by atoms with van der Waals surface area (Å²) in [7, 11) is 0. The lowest BCUT2D eigenvalue weighted by atomic mass is 10.2. The van der Waals surface area contributed by atoms with Gasteiger partial charge in [0.1, 0.15) is 0 Å². The zero-order valence-corrected chi connectivity index (χ0v) is 9.98. The van der Waals surface area contributed by atoms with Gasteiger partial charge >= 0.3 is 0 Å². The molecule has 0 radical (unpaired) electrons. The molecule has 0 fully saturated rings. The molecule has 0 atom stereocenters. The third kappa shape index (κ3) is 3.78. The Bertz CT molecular complexity index is 432. The highest BCUT2D eigenvalue weighted by molar-refractivity contribution is 6.33. The maximum atomic E-state index is 12.4. The molecule has 0 unspecified atom stereocenters. The SMILES string of the molecule is O=[N+]([O-])c1ccc(N(CCO)CC(F)F)c(Cl)c1. The number of aliphatic hydroxyl groups is 1. The molecule has 1 aromatic carbocycles. The second-order valence-corrected chi connectivity index (χ2v) is 3.86. The smallest absolute Gasteiger partial charge is 0.271 e. The first-order valence-corrected chi connectivity index (χ1v) is 5.41. The van der Waals surface area contributed by atoms with Gasteiger partial charge in [0.2, 0.25) is 0 Å². The molecule has 8 heteroatoms. The molecule has 0 amide bonds. The first-order valence-electron chi connectivity index (χ1n) is 5.03. The number of alkyl halides is 2. The van der Waals surface area contributed by atoms with E-state index in [1.807, 2.05) is 0 Å². The molecule has 1 aromatic rings. The van der Waals surface area contributed by atoms with E-state index in [-0.39, 0.29) is 29.5 Å². The Hall–Kier alpha value is -1.47. The number of benzene rings is 1. The number of nitrogens with zero attached hydrogens (tertiary/aromatic N) is 2. The topological polar surface area (TPSA) is 66.6 Å². The van der Waals surface area contributed by atoms with Crippen LogP contribution in [0.4, 0.5) is 20.2 Å². The van der Waals surface area contributed by atoms with Gasteiger partial charge in [-0.1, -0.05) is 11.6 Å². The summed E-state index contributed by atoms with van der Waals surface area (Å²) in [5, 5.41) is 19.3. The Morgan fingerprint density at radius 2 is 2.17 bits per heavy atom. The first kappa shape index (κ1) is 14.6. The molecule has 0 aliphatic heterocycles. The molecule has 0 aliphatic carbocycles. The van der Waals surface area contributed by atoms with E-state index in [2.05, 4.69) is 0 Å². The summed E-state index contributed by atoms with van der Waals surface area (Å²) < 4.78 is 24.7. The Balaban J connectivity index is 3.01. The maximum Gasteiger partial charge on any atom is 0.271 e. The largest absolute Gasteiger partial charge is 0.395 e. The van der Waals surface area contributed by atoms with Crippen LogP contribution in [0.3, 0.4) is 0 Å². The molecule has 18 heavy (non-hydrogen) atoms. The minimum atomic E-state index is -2.59. The van der Waals surface area contributed by atoms with Crippen molar-refractivity contribution in [3.63, 3.8) is 0 Å². The van der Waals surface area contributed by atoms with Gasteiger partial charge in [-0.2, -0.15) is 0 Å². The molecule has 5 nitrogen and oxygen atoms in total. The second kappa shape index (κ2) is 6.46. The standard InChI is InChI=1S/C10H11ClF2N2O3/c11-8-5-7(15(17)18)1-2-9(8)14(3-4-16)6-10(12)13/h1-2,5,10,16H,3-4,6H2. The predicted octanol–water partition coefficient (Wildman–Crippen LogP) is 2.31. The average molecular weight is 281 g/mol. The molecule has 0 bridgehead atoms. The van der Waals surface area contributed by atoms with E-state index in [1.165, 1.54) is 17.0 Å². The summed E-state index contributed by atoms with van der Waals surface area (Å²) in [6.07, 6.45) is -2.59. The fourth-order valence-electron chi connectivity index (χ4n) is 1.46. The molecule has 1 N–H and O–H groups in total. The van der Waals surface area contributed by atoms with Crippen molar-refractivity contribution in [1.82, 2.24) is 0 Å². The minimum Gasteiger partial charge on any atom is -0.395 e. The van der Waals surface area contributed by atoms with Crippen LogP contribution in [0, 0.1) is 10.1 Å². The van der Waals surface area contributed by atoms with Crippen LogP contribution in [0.25, 0.3) is 0 Å². The van der Waals surface area contributed by atoms with Gasteiger partial charge < -0.3 is 10.0 Å². The van der Waals surface area contributed by atoms with Crippen LogP contribution in [0.2, 0.25) is 5.02 Å². The third-order valence-electron chi connectivity index (χ3n) is 2.21. The molecule has 0 aromatic heterocycles. The van der Waals surface area contributed by atoms with Crippen molar-refractivity contribution in [3.8, 4) is 0 Å². The molecule has 0 saturated carbocycles. The summed E-state index contributed by atoms with van der Waals surface area (Å²) in [6, 6.07) is 3.56. The lowest BCUT2D eigenvalue weighted by Crippen LogP contribution is -2.31. The molecule has 0 aliphatic rings. The van der Waals surface area contributed by atoms with Crippen LogP contribution in [0.1, 0.15) is 0 Å². The molecule has 0 saturated heterocycles. The molecular formula is C10H11ClF2N2O3. The number of nitro benzene ring substituents is 1. The quantitative estimate of drug-likeness (QED) is 0.641. The fourth-order valence-corrected chi connectivity index (χ4v) is 1.76. The Morgan fingerprint density at radius 1 is 1.50 bits per heavy atom. The summed E-state index contributed by atoms with van der Waals surface area (Å²) in [5.41, 5.74) is 0.0152. The highest BCUT2D eigenvalue weighted by atomic mass is 35.5. The predicted molar refractivity (Wildman–Crippen MR) is 63.4 cm³/mol. The molecular weight excluding hydrogens is 270 g/mol. The van der Waals surface area contributed by atoms with Gasteiger partial charge in [0.05, 0.1) is 28.8 Å². The van der Waals surface area contributed by atoms with Crippen LogP contribution in [0.15, 0.2) is 18.2 Å². The van der Waals surface area contributed by atoms with E-state index in [1.54, 1.807) is 0 Å². The van der Waals surface area contributed by atoms with Crippen molar-refractivity contribution in [2.75, 3.05) is 24.6 Å². The zero-order chi connectivity index (χ0) is 13.7. The zero-order valence-electron chi connectivity index (χ0n) is 9.22. The Kier molecular flexibility index (Phi) is 5.24. The van der Waals surface area contributed by atoms with Crippen molar-refractivity contribution in [2.45, 2.75) is 6.43 Å². The van der Waals surface area contributed by atoms with E-state index >= 15 is 0 Å². The van der Waals surface area contributed by atoms with Gasteiger partial charge in [-0.15, -0.1) is 0 Å². The Labute approximate surface area is 107 Å². The van der Waals surface area contributed by atoms with E-state index in [0.717, 1.165) is 6.07 Å². The number of rotatable bonds is 6. The lowest BCUT2D eigenvalue weighted by Gasteiger charge is -2.24. The van der Waals surface area contributed by atoms with E-state index in [0.29, 0.717) is 0 Å². The van der Waals surface area contributed by atoms with E-state index < -0.39 is 17.9 Å². The van der Waals surface area contributed by atoms with Crippen LogP contribution < -0.4 is 4.90 Å². The normalized spacial score (nSPS) is 10.7. The van der Waals surface area contributed by atoms with E-state index in [9.17, 15) is 18.9 Å². The Morgan fingerprint density at radius 3 is 2.61 bits per heavy atom. The monoisotopic (exact) mass is 280 g/mol. The summed E-state index contributed by atoms with van der Waals surface area (Å²) in [4.78, 5) is 11.1. The number of nitro groups is 1. The van der Waals surface area contributed by atoms with E-state index in [4.69, 9.17) is 16.7 Å². The van der Waals surface area contributed by atoms with Gasteiger partial charge in [-0.25, -0.2) is 8.78 Å². The summed E-state index contributed by atoms with van der Waals surface area (Å²) in [6.45, 7) is -0.944. The summed E-state index contributed by atoms with van der Waals surface area (Å²) in [5.74, 6) is 0. The number of anilines is 1. The summed E-state index contributed by atoms with van der Waals surface area (Å²) >= 11 is 5.81. The van der Waals surface area contributed by atoms with Crippen molar-refractivity contribution < 1.29 is 18.8 Å². The number of hydrogen-bond donors (Lipinski definition) is 1. The van der Waals surface area contributed by atoms with Gasteiger partial charge in [0.15, 0.2) is 0 Å². The molecule has 0 heterocycles. The number of hydrogen-bond acceptors (Lipinski definition) is 4. The molecule has 1 rings (SSSR count). The fraction of sp³-hybridized carbons (Fsp3) is 0.400. The van der Waals surface area contributed by atoms with Gasteiger partial charge in [-0.3, -0.25) is 10.1 Å². The lowest BCUT2D eigenvalue weighted by molar-refractivity contribution is -0.384. The molecule has 100 valence electrons. The highest BCUT2D eigenvalue weighted by Gasteiger charge is 2.17. The number of halogens is 3. The molecule has 0 spiro atoms. The first-order chi connectivity index (χ1) is 8.45. The number of non-ortho nitro benzene ring substituents is 1. The third-order valence-corrected chi connectivity index (χ3v) is 2.51. The van der Waals surface area contributed by atoms with Crippen molar-refractivity contribution in [2.24, 2.45) is 0 Å². The van der Waals surface area contributed by atoms with Gasteiger partial charge in [0, 0.05) is 18.7 Å². The average Bonchev–Trinajstić information content (AvgIpc) is 2.27. The van der Waals surface area contributed by atoms with Crippen LogP contribution in [-0.2, 0) is 0 Å². The van der Waals surface area contributed by atoms with Crippen LogP contribution in [-0.4, -0.2) is 36.2 Å². The highest BCUT2D eigenvalue weighted by Crippen LogP contribution is 2.30. The van der Waals surface area contributed by atoms with Gasteiger partial charge in [0.25, 0.3) is 12.1 Å². The van der Waals surface area contributed by atoms with Gasteiger partial charge in [-0.05, 0) is 6.07 Å². The van der Waals surface area contributed by atoms with Crippen molar-refractivity contribution >= 4 is 23.0 Å². The van der Waals surface area contributed by atoms with Crippen molar-refractivity contribution in [3.05, 3.63) is 33.3 Å². The van der Waals surface area contributed by atoms with Crippen molar-refractivity contribution in [1.29, 1.82) is 0 Å². The van der Waals surface area contributed by atoms with Crippen LogP contribution in [0.5, 0.6) is 0 Å². The number of aliphatic hydroxyl groups excluding tert-OH is 1. The second-order valence-electron chi connectivity index (χ2n) is 3.45.